The van der Waals surface area contributed by atoms with Crippen LogP contribution in [0.1, 0.15) is 5.56 Å². The van der Waals surface area contributed by atoms with E-state index in [1.807, 2.05) is 56.7 Å². The van der Waals surface area contributed by atoms with E-state index in [1.165, 1.54) is 5.69 Å². The molecule has 4 heteroatoms. The van der Waals surface area contributed by atoms with Crippen LogP contribution < -0.4 is 9.64 Å². The van der Waals surface area contributed by atoms with E-state index in [0.717, 1.165) is 17.0 Å². The molecule has 0 aliphatic heterocycles. The van der Waals surface area contributed by atoms with Crippen molar-refractivity contribution in [2.75, 3.05) is 25.1 Å². The summed E-state index contributed by atoms with van der Waals surface area (Å²) in [5.41, 5.74) is 3.06. The zero-order valence-electron chi connectivity index (χ0n) is 11.6. The van der Waals surface area contributed by atoms with Crippen molar-refractivity contribution in [2.24, 2.45) is 4.99 Å². The maximum Gasteiger partial charge on any atom is 0.162 e. The summed E-state index contributed by atoms with van der Waals surface area (Å²) in [5, 5.41) is 0. The van der Waals surface area contributed by atoms with Gasteiger partial charge in [-0.15, -0.1) is 0 Å². The average molecular weight is 289 g/mol. The van der Waals surface area contributed by atoms with E-state index in [0.29, 0.717) is 0 Å². The van der Waals surface area contributed by atoms with Crippen LogP contribution in [-0.2, 0) is 0 Å². The highest BCUT2D eigenvalue weighted by Crippen LogP contribution is 2.20. The SMILES string of the molecule is CN(C)c1ccc(C=Nc2cccc(OCCl)c2)cc1. The molecule has 0 aromatic heterocycles. The van der Waals surface area contributed by atoms with Gasteiger partial charge in [-0.05, 0) is 29.8 Å². The summed E-state index contributed by atoms with van der Waals surface area (Å²) in [6.45, 7) is 0. The van der Waals surface area contributed by atoms with Crippen LogP contribution in [0.15, 0.2) is 53.5 Å². The van der Waals surface area contributed by atoms with Crippen molar-refractivity contribution in [1.82, 2.24) is 0 Å². The van der Waals surface area contributed by atoms with Crippen LogP contribution >= 0.6 is 11.6 Å². The topological polar surface area (TPSA) is 24.8 Å². The fraction of sp³-hybridized carbons (Fsp3) is 0.188. The molecule has 104 valence electrons. The van der Waals surface area contributed by atoms with Crippen molar-refractivity contribution in [2.45, 2.75) is 0 Å². The van der Waals surface area contributed by atoms with Gasteiger partial charge in [-0.2, -0.15) is 0 Å². The number of anilines is 1. The number of aliphatic imine (C=N–C) groups is 1. The number of nitrogens with zero attached hydrogens (tertiary/aromatic N) is 2. The summed E-state index contributed by atoms with van der Waals surface area (Å²) in [5.74, 6) is 0.720. The molecule has 2 rings (SSSR count). The second-order valence-electron chi connectivity index (χ2n) is 4.49. The molecule has 2 aromatic carbocycles. The number of benzene rings is 2. The van der Waals surface area contributed by atoms with Crippen LogP contribution in [-0.4, -0.2) is 26.4 Å². The summed E-state index contributed by atoms with van der Waals surface area (Å²) in [6, 6.07) is 15.9. The number of halogens is 1. The van der Waals surface area contributed by atoms with E-state index >= 15 is 0 Å². The van der Waals surface area contributed by atoms with Crippen LogP contribution in [0.25, 0.3) is 0 Å². The smallest absolute Gasteiger partial charge is 0.162 e. The van der Waals surface area contributed by atoms with Gasteiger partial charge in [0.15, 0.2) is 6.07 Å². The van der Waals surface area contributed by atoms with Crippen molar-refractivity contribution in [3.05, 3.63) is 54.1 Å². The third-order valence-electron chi connectivity index (χ3n) is 2.81. The minimum absolute atomic E-state index is 0.138. The molecule has 3 nitrogen and oxygen atoms in total. The summed E-state index contributed by atoms with van der Waals surface area (Å²) in [4.78, 5) is 6.50. The number of rotatable bonds is 5. The van der Waals surface area contributed by atoms with Gasteiger partial charge in [0, 0.05) is 32.1 Å². The Hall–Kier alpha value is -2.00. The van der Waals surface area contributed by atoms with Crippen molar-refractivity contribution < 1.29 is 4.74 Å². The van der Waals surface area contributed by atoms with E-state index in [2.05, 4.69) is 22.0 Å². The third-order valence-corrected chi connectivity index (χ3v) is 2.92. The van der Waals surface area contributed by atoms with Crippen LogP contribution in [0, 0.1) is 0 Å². The molecule has 0 atom stereocenters. The van der Waals surface area contributed by atoms with Gasteiger partial charge in [-0.25, -0.2) is 0 Å². The average Bonchev–Trinajstić information content (AvgIpc) is 2.46. The maximum absolute atomic E-state index is 5.54. The Balaban J connectivity index is 2.10. The standard InChI is InChI=1S/C16H17ClN2O/c1-19(2)15-8-6-13(7-9-15)11-18-14-4-3-5-16(10-14)20-12-17/h3-11H,12H2,1-2H3. The molecule has 0 heterocycles. The Morgan fingerprint density at radius 3 is 2.55 bits per heavy atom. The largest absolute Gasteiger partial charge is 0.478 e. The van der Waals surface area contributed by atoms with Crippen LogP contribution in [0.2, 0.25) is 0 Å². The fourth-order valence-electron chi connectivity index (χ4n) is 1.72. The molecule has 0 spiro atoms. The molecule has 0 radical (unpaired) electrons. The lowest BCUT2D eigenvalue weighted by molar-refractivity contribution is 0.388. The van der Waals surface area contributed by atoms with Crippen molar-refractivity contribution >= 4 is 29.2 Å². The lowest BCUT2D eigenvalue weighted by Crippen LogP contribution is -2.08. The molecule has 2 aromatic rings. The summed E-state index contributed by atoms with van der Waals surface area (Å²) < 4.78 is 5.23. The van der Waals surface area contributed by atoms with Gasteiger partial charge in [0.2, 0.25) is 0 Å². The highest BCUT2D eigenvalue weighted by molar-refractivity contribution is 6.17. The van der Waals surface area contributed by atoms with Crippen LogP contribution in [0.4, 0.5) is 11.4 Å². The molecule has 0 fully saturated rings. The first-order valence-corrected chi connectivity index (χ1v) is 6.83. The Bertz CT molecular complexity index is 579. The number of hydrogen-bond acceptors (Lipinski definition) is 3. The predicted molar refractivity (Wildman–Crippen MR) is 85.8 cm³/mol. The van der Waals surface area contributed by atoms with Gasteiger partial charge in [-0.3, -0.25) is 4.99 Å². The van der Waals surface area contributed by atoms with E-state index in [1.54, 1.807) is 0 Å². The molecular formula is C16H17ClN2O. The summed E-state index contributed by atoms with van der Waals surface area (Å²) in [7, 11) is 4.04. The Morgan fingerprint density at radius 1 is 1.15 bits per heavy atom. The molecule has 0 amide bonds. The van der Waals surface area contributed by atoms with Gasteiger partial charge in [0.25, 0.3) is 0 Å². The zero-order valence-corrected chi connectivity index (χ0v) is 12.3. The third kappa shape index (κ3) is 4.00. The highest BCUT2D eigenvalue weighted by atomic mass is 35.5. The molecule has 0 unspecified atom stereocenters. The van der Waals surface area contributed by atoms with Crippen LogP contribution in [0.5, 0.6) is 5.75 Å². The number of ether oxygens (including phenoxy) is 1. The first kappa shape index (κ1) is 14.4. The Labute approximate surface area is 124 Å². The number of alkyl halides is 1. The Kier molecular flexibility index (Phi) is 5.02. The lowest BCUT2D eigenvalue weighted by Gasteiger charge is -2.11. The van der Waals surface area contributed by atoms with Gasteiger partial charge in [-0.1, -0.05) is 29.8 Å². The maximum atomic E-state index is 5.54. The lowest BCUT2D eigenvalue weighted by atomic mass is 10.2. The quantitative estimate of drug-likeness (QED) is 0.612. The first-order chi connectivity index (χ1) is 9.69. The molecule has 0 saturated carbocycles. The van der Waals surface area contributed by atoms with E-state index < -0.39 is 0 Å². The van der Waals surface area contributed by atoms with Gasteiger partial charge in [0.05, 0.1) is 5.69 Å². The van der Waals surface area contributed by atoms with Crippen molar-refractivity contribution in [3.8, 4) is 5.75 Å². The van der Waals surface area contributed by atoms with Crippen LogP contribution in [0.3, 0.4) is 0 Å². The van der Waals surface area contributed by atoms with Crippen molar-refractivity contribution in [1.29, 1.82) is 0 Å². The monoisotopic (exact) mass is 288 g/mol. The molecule has 0 aliphatic carbocycles. The first-order valence-electron chi connectivity index (χ1n) is 6.29. The molecular weight excluding hydrogens is 272 g/mol. The fourth-order valence-corrected chi connectivity index (χ4v) is 1.85. The second-order valence-corrected chi connectivity index (χ2v) is 4.71. The van der Waals surface area contributed by atoms with Gasteiger partial charge >= 0.3 is 0 Å². The Morgan fingerprint density at radius 2 is 1.90 bits per heavy atom. The molecule has 0 saturated heterocycles. The number of hydrogen-bond donors (Lipinski definition) is 0. The summed E-state index contributed by atoms with van der Waals surface area (Å²) in [6.07, 6.45) is 1.83. The van der Waals surface area contributed by atoms with Gasteiger partial charge in [0.1, 0.15) is 5.75 Å². The molecule has 20 heavy (non-hydrogen) atoms. The summed E-state index contributed by atoms with van der Waals surface area (Å²) >= 11 is 5.54. The normalized spacial score (nSPS) is 10.8. The minimum Gasteiger partial charge on any atom is -0.478 e. The minimum atomic E-state index is 0.138. The van der Waals surface area contributed by atoms with Crippen molar-refractivity contribution in [3.63, 3.8) is 0 Å². The highest BCUT2D eigenvalue weighted by Gasteiger charge is 1.96. The van der Waals surface area contributed by atoms with Gasteiger partial charge < -0.3 is 9.64 Å². The van der Waals surface area contributed by atoms with E-state index in [-0.39, 0.29) is 6.07 Å². The van der Waals surface area contributed by atoms with E-state index in [9.17, 15) is 0 Å². The van der Waals surface area contributed by atoms with E-state index in [4.69, 9.17) is 16.3 Å². The molecule has 0 N–H and O–H groups in total. The molecule has 0 bridgehead atoms. The predicted octanol–water partition coefficient (Wildman–Crippen LogP) is 4.08. The molecule has 0 aliphatic rings. The second kappa shape index (κ2) is 6.96. The zero-order chi connectivity index (χ0) is 14.4.